The smallest absolute Gasteiger partial charge is 0.272 e. The van der Waals surface area contributed by atoms with E-state index < -0.39 is 22.9 Å². The molecule has 0 radical (unpaired) electrons. The number of benzene rings is 4. The molecule has 1 heterocycles. The van der Waals surface area contributed by atoms with Crippen molar-refractivity contribution in [3.63, 3.8) is 0 Å². The summed E-state index contributed by atoms with van der Waals surface area (Å²) in [6, 6.07) is 30.7. The van der Waals surface area contributed by atoms with Crippen molar-refractivity contribution in [2.24, 2.45) is 0 Å². The first-order chi connectivity index (χ1) is 22.7. The third kappa shape index (κ3) is 8.78. The van der Waals surface area contributed by atoms with Crippen LogP contribution in [0.3, 0.4) is 0 Å². The van der Waals surface area contributed by atoms with Crippen molar-refractivity contribution >= 4 is 62.9 Å². The molecule has 0 saturated carbocycles. The summed E-state index contributed by atoms with van der Waals surface area (Å²) in [7, 11) is 1.57. The number of nitrogens with one attached hydrogen (secondary N) is 3. The van der Waals surface area contributed by atoms with Gasteiger partial charge in [0, 0.05) is 26.7 Å². The number of hydrogen-bond donors (Lipinski definition) is 3. The number of thioether (sulfide) groups is 1. The average molecular weight is 715 g/mol. The molecule has 0 spiro atoms. The summed E-state index contributed by atoms with van der Waals surface area (Å²) in [5.41, 5.74) is 1.63. The van der Waals surface area contributed by atoms with E-state index in [1.54, 1.807) is 86.8 Å². The Balaban J connectivity index is 1.30. The van der Waals surface area contributed by atoms with Crippen molar-refractivity contribution < 1.29 is 27.9 Å². The highest BCUT2D eigenvalue weighted by Crippen LogP contribution is 2.32. The zero-order valence-electron chi connectivity index (χ0n) is 25.3. The molecule has 3 amide bonds. The lowest BCUT2D eigenvalue weighted by molar-refractivity contribution is -0.115. The predicted octanol–water partition coefficient (Wildman–Crippen LogP) is 8.39. The summed E-state index contributed by atoms with van der Waals surface area (Å²) in [6.07, 6.45) is 1.45. The van der Waals surface area contributed by atoms with Crippen molar-refractivity contribution in [2.45, 2.75) is 17.1 Å². The highest BCUT2D eigenvalue weighted by Gasteiger charge is 2.19. The number of methoxy groups -OCH3 is 1. The Kier molecular flexibility index (Phi) is 10.9. The Hall–Kier alpha value is -5.13. The summed E-state index contributed by atoms with van der Waals surface area (Å²) in [5, 5.41) is 7.57. The van der Waals surface area contributed by atoms with Gasteiger partial charge in [0.05, 0.1) is 23.6 Å². The van der Waals surface area contributed by atoms with Gasteiger partial charge in [0.15, 0.2) is 0 Å². The van der Waals surface area contributed by atoms with Crippen LogP contribution in [0.5, 0.6) is 5.75 Å². The van der Waals surface area contributed by atoms with E-state index >= 15 is 0 Å². The number of hydrogen-bond acceptors (Lipinski definition) is 6. The minimum Gasteiger partial charge on any atom is -0.496 e. The molecule has 5 rings (SSSR count). The van der Waals surface area contributed by atoms with Gasteiger partial charge in [-0.05, 0) is 85.8 Å². The highest BCUT2D eigenvalue weighted by atomic mass is 79.9. The zero-order chi connectivity index (χ0) is 33.3. The van der Waals surface area contributed by atoms with Crippen molar-refractivity contribution in [1.82, 2.24) is 5.32 Å². The molecule has 47 heavy (non-hydrogen) atoms. The van der Waals surface area contributed by atoms with Crippen LogP contribution in [0.2, 0.25) is 0 Å². The van der Waals surface area contributed by atoms with Gasteiger partial charge in [-0.25, -0.2) is 4.39 Å². The fourth-order valence-corrected chi connectivity index (χ4v) is 5.61. The van der Waals surface area contributed by atoms with E-state index in [4.69, 9.17) is 9.15 Å². The summed E-state index contributed by atoms with van der Waals surface area (Å²) < 4.78 is 26.2. The topological polar surface area (TPSA) is 110 Å². The summed E-state index contributed by atoms with van der Waals surface area (Å²) in [5.74, 6) is -0.443. The van der Waals surface area contributed by atoms with Gasteiger partial charge in [-0.2, -0.15) is 0 Å². The lowest BCUT2D eigenvalue weighted by atomic mass is 10.1. The van der Waals surface area contributed by atoms with Gasteiger partial charge in [-0.1, -0.05) is 46.3 Å². The Morgan fingerprint density at radius 1 is 0.894 bits per heavy atom. The molecule has 0 saturated heterocycles. The molecule has 11 heteroatoms. The second kappa shape index (κ2) is 15.4. The minimum atomic E-state index is -0.575. The molecule has 0 fully saturated rings. The number of furan rings is 1. The van der Waals surface area contributed by atoms with Gasteiger partial charge in [0.1, 0.15) is 28.8 Å². The van der Waals surface area contributed by atoms with E-state index in [0.29, 0.717) is 33.0 Å². The molecule has 4 aromatic carbocycles. The summed E-state index contributed by atoms with van der Waals surface area (Å²) in [6.45, 7) is 1.72. The molecule has 5 aromatic rings. The number of carbonyl (C=O) groups is 3. The molecule has 0 aliphatic rings. The Morgan fingerprint density at radius 3 is 2.34 bits per heavy atom. The van der Waals surface area contributed by atoms with Crippen LogP contribution in [0.4, 0.5) is 15.8 Å². The molecular weight excluding hydrogens is 685 g/mol. The second-order valence-corrected chi connectivity index (χ2v) is 12.5. The number of anilines is 2. The predicted molar refractivity (Wildman–Crippen MR) is 186 cm³/mol. The number of rotatable bonds is 11. The van der Waals surface area contributed by atoms with Crippen LogP contribution in [-0.4, -0.2) is 30.1 Å². The number of amides is 3. The molecular formula is C36H29BrFN3O5S. The number of halogens is 2. The number of ether oxygens (including phenoxy) is 1. The lowest BCUT2D eigenvalue weighted by Gasteiger charge is -2.14. The van der Waals surface area contributed by atoms with Gasteiger partial charge in [-0.15, -0.1) is 11.8 Å². The molecule has 3 N–H and O–H groups in total. The van der Waals surface area contributed by atoms with Crippen molar-refractivity contribution in [3.8, 4) is 17.1 Å². The molecule has 0 bridgehead atoms. The van der Waals surface area contributed by atoms with Gasteiger partial charge < -0.3 is 25.1 Å². The van der Waals surface area contributed by atoms with Crippen LogP contribution in [0, 0.1) is 5.82 Å². The normalized spacial score (nSPS) is 11.8. The third-order valence-corrected chi connectivity index (χ3v) is 8.40. The highest BCUT2D eigenvalue weighted by molar-refractivity contribution is 9.10. The third-order valence-electron chi connectivity index (χ3n) is 6.80. The minimum absolute atomic E-state index is 0.0382. The first-order valence-electron chi connectivity index (χ1n) is 14.4. The van der Waals surface area contributed by atoms with Crippen molar-refractivity contribution in [1.29, 1.82) is 0 Å². The van der Waals surface area contributed by atoms with Crippen LogP contribution in [0.15, 0.2) is 129 Å². The molecule has 0 aliphatic heterocycles. The van der Waals surface area contributed by atoms with E-state index in [1.807, 2.05) is 24.3 Å². The molecule has 0 aliphatic carbocycles. The van der Waals surface area contributed by atoms with Gasteiger partial charge in [0.25, 0.3) is 11.8 Å². The number of carbonyl (C=O) groups excluding carboxylic acids is 3. The van der Waals surface area contributed by atoms with Crippen LogP contribution < -0.4 is 20.7 Å². The van der Waals surface area contributed by atoms with Crippen molar-refractivity contribution in [3.05, 3.63) is 137 Å². The lowest BCUT2D eigenvalue weighted by Crippen LogP contribution is -2.30. The van der Waals surface area contributed by atoms with E-state index in [1.165, 1.54) is 30.0 Å². The second-order valence-electron chi connectivity index (χ2n) is 10.1. The van der Waals surface area contributed by atoms with E-state index in [2.05, 4.69) is 31.9 Å². The molecule has 0 unspecified atom stereocenters. The van der Waals surface area contributed by atoms with Gasteiger partial charge >= 0.3 is 0 Å². The van der Waals surface area contributed by atoms with Gasteiger partial charge in [-0.3, -0.25) is 14.4 Å². The quantitative estimate of drug-likeness (QED) is 0.0937. The molecule has 1 atom stereocenters. The SMILES string of the molecule is COc1ccccc1-c1ccc(/C=C(\NC(=O)c2ccccc2)C(=O)Nc2ccc(S[C@@H](C)C(=O)Nc3ccc(Br)cc3F)cc2)o1. The summed E-state index contributed by atoms with van der Waals surface area (Å²) >= 11 is 4.48. The fourth-order valence-electron chi connectivity index (χ4n) is 4.41. The average Bonchev–Trinajstić information content (AvgIpc) is 3.55. The Labute approximate surface area is 283 Å². The maximum Gasteiger partial charge on any atom is 0.272 e. The first kappa shape index (κ1) is 33.2. The maximum atomic E-state index is 14.2. The van der Waals surface area contributed by atoms with Crippen LogP contribution in [-0.2, 0) is 9.59 Å². The summed E-state index contributed by atoms with van der Waals surface area (Å²) in [4.78, 5) is 39.9. The van der Waals surface area contributed by atoms with E-state index in [0.717, 1.165) is 10.5 Å². The molecule has 1 aromatic heterocycles. The van der Waals surface area contributed by atoms with E-state index in [-0.39, 0.29) is 17.3 Å². The number of para-hydroxylation sites is 1. The zero-order valence-corrected chi connectivity index (χ0v) is 27.7. The fraction of sp³-hybridized carbons (Fsp3) is 0.0833. The van der Waals surface area contributed by atoms with Crippen LogP contribution >= 0.6 is 27.7 Å². The largest absolute Gasteiger partial charge is 0.496 e. The Bertz CT molecular complexity index is 1930. The van der Waals surface area contributed by atoms with Crippen LogP contribution in [0.1, 0.15) is 23.0 Å². The monoisotopic (exact) mass is 713 g/mol. The first-order valence-corrected chi connectivity index (χ1v) is 16.0. The van der Waals surface area contributed by atoms with Crippen LogP contribution in [0.25, 0.3) is 17.4 Å². The molecule has 8 nitrogen and oxygen atoms in total. The van der Waals surface area contributed by atoms with E-state index in [9.17, 15) is 18.8 Å². The Morgan fingerprint density at radius 2 is 1.62 bits per heavy atom. The maximum absolute atomic E-state index is 14.2. The van der Waals surface area contributed by atoms with Crippen molar-refractivity contribution in [2.75, 3.05) is 17.7 Å². The standard InChI is InChI=1S/C36H29BrFN3O5S/c1-22(34(42)40-30-18-12-24(37)20-29(30)38)47-27-16-13-25(14-17-27)39-36(44)31(41-35(43)23-8-4-3-5-9-23)21-26-15-19-33(46-26)28-10-6-7-11-32(28)45-2/h3-22H,1-2H3,(H,39,44)(H,40,42)(H,41,43)/b31-21-/t22-/m0/s1. The molecule has 238 valence electrons. The van der Waals surface area contributed by atoms with Gasteiger partial charge in [0.2, 0.25) is 5.91 Å².